The third-order valence-corrected chi connectivity index (χ3v) is 2.11. The van der Waals surface area contributed by atoms with E-state index >= 15 is 0 Å². The van der Waals surface area contributed by atoms with Crippen molar-refractivity contribution < 1.29 is 5.11 Å². The fourth-order valence-electron chi connectivity index (χ4n) is 1.53. The molecule has 1 rings (SSSR count). The van der Waals surface area contributed by atoms with Crippen molar-refractivity contribution in [2.24, 2.45) is 5.73 Å². The zero-order valence-corrected chi connectivity index (χ0v) is 8.25. The first-order valence-electron chi connectivity index (χ1n) is 4.58. The van der Waals surface area contributed by atoms with E-state index in [9.17, 15) is 0 Å². The first kappa shape index (κ1) is 10.2. The number of benzene rings is 1. The first-order chi connectivity index (χ1) is 6.13. The van der Waals surface area contributed by atoms with Gasteiger partial charge in [-0.3, -0.25) is 0 Å². The molecule has 72 valence electrons. The molecule has 0 aromatic heterocycles. The van der Waals surface area contributed by atoms with Crippen molar-refractivity contribution in [3.8, 4) is 0 Å². The SMILES string of the molecule is Cc1cc(C)cc([C@H](N)CCO)c1. The fraction of sp³-hybridized carbons (Fsp3) is 0.455. The van der Waals surface area contributed by atoms with Crippen molar-refractivity contribution in [3.05, 3.63) is 34.9 Å². The zero-order valence-electron chi connectivity index (χ0n) is 8.25. The molecule has 3 N–H and O–H groups in total. The highest BCUT2D eigenvalue weighted by molar-refractivity contribution is 5.30. The number of aryl methyl sites for hydroxylation is 2. The lowest BCUT2D eigenvalue weighted by Crippen LogP contribution is -2.12. The molecule has 0 radical (unpaired) electrons. The van der Waals surface area contributed by atoms with Gasteiger partial charge in [0.05, 0.1) is 0 Å². The van der Waals surface area contributed by atoms with E-state index in [0.29, 0.717) is 6.42 Å². The highest BCUT2D eigenvalue weighted by Crippen LogP contribution is 2.17. The monoisotopic (exact) mass is 179 g/mol. The Labute approximate surface area is 79.4 Å². The van der Waals surface area contributed by atoms with Crippen LogP contribution in [0.25, 0.3) is 0 Å². The minimum atomic E-state index is -0.0383. The van der Waals surface area contributed by atoms with Crippen LogP contribution in [0.5, 0.6) is 0 Å². The predicted molar refractivity (Wildman–Crippen MR) is 54.5 cm³/mol. The Bertz CT molecular complexity index is 263. The van der Waals surface area contributed by atoms with Gasteiger partial charge in [0.1, 0.15) is 0 Å². The molecule has 0 heterocycles. The summed E-state index contributed by atoms with van der Waals surface area (Å²) in [6, 6.07) is 6.24. The number of aliphatic hydroxyl groups excluding tert-OH is 1. The maximum Gasteiger partial charge on any atom is 0.0449 e. The lowest BCUT2D eigenvalue weighted by molar-refractivity contribution is 0.276. The van der Waals surface area contributed by atoms with Crippen LogP contribution < -0.4 is 5.73 Å². The highest BCUT2D eigenvalue weighted by atomic mass is 16.3. The Balaban J connectivity index is 2.87. The van der Waals surface area contributed by atoms with E-state index in [1.807, 2.05) is 0 Å². The quantitative estimate of drug-likeness (QED) is 0.741. The standard InChI is InChI=1S/C11H17NO/c1-8-5-9(2)7-10(6-8)11(12)3-4-13/h5-7,11,13H,3-4,12H2,1-2H3/t11-/m1/s1. The summed E-state index contributed by atoms with van der Waals surface area (Å²) in [6.45, 7) is 4.26. The maximum absolute atomic E-state index is 8.76. The molecular weight excluding hydrogens is 162 g/mol. The van der Waals surface area contributed by atoms with E-state index in [1.54, 1.807) is 0 Å². The largest absolute Gasteiger partial charge is 0.396 e. The molecule has 1 aromatic carbocycles. The number of rotatable bonds is 3. The summed E-state index contributed by atoms with van der Waals surface area (Å²) in [4.78, 5) is 0. The van der Waals surface area contributed by atoms with Crippen molar-refractivity contribution in [1.29, 1.82) is 0 Å². The lowest BCUT2D eigenvalue weighted by Gasteiger charge is -2.11. The van der Waals surface area contributed by atoms with Gasteiger partial charge in [-0.1, -0.05) is 29.3 Å². The summed E-state index contributed by atoms with van der Waals surface area (Å²) in [5, 5.41) is 8.76. The van der Waals surface area contributed by atoms with Gasteiger partial charge in [0, 0.05) is 12.6 Å². The van der Waals surface area contributed by atoms with E-state index in [1.165, 1.54) is 11.1 Å². The van der Waals surface area contributed by atoms with Gasteiger partial charge in [-0.05, 0) is 25.8 Å². The third kappa shape index (κ3) is 2.83. The molecule has 1 atom stereocenters. The highest BCUT2D eigenvalue weighted by Gasteiger charge is 2.05. The average molecular weight is 179 g/mol. The van der Waals surface area contributed by atoms with Crippen molar-refractivity contribution in [2.45, 2.75) is 26.3 Å². The van der Waals surface area contributed by atoms with Gasteiger partial charge in [0.25, 0.3) is 0 Å². The molecule has 2 nitrogen and oxygen atoms in total. The van der Waals surface area contributed by atoms with Gasteiger partial charge in [-0.2, -0.15) is 0 Å². The van der Waals surface area contributed by atoms with Crippen molar-refractivity contribution in [2.75, 3.05) is 6.61 Å². The maximum atomic E-state index is 8.76. The van der Waals surface area contributed by atoms with Crippen LogP contribution in [0.1, 0.15) is 29.2 Å². The van der Waals surface area contributed by atoms with Crippen LogP contribution in [0.2, 0.25) is 0 Å². The summed E-state index contributed by atoms with van der Waals surface area (Å²) >= 11 is 0. The topological polar surface area (TPSA) is 46.2 Å². The van der Waals surface area contributed by atoms with Gasteiger partial charge in [0.2, 0.25) is 0 Å². The van der Waals surface area contributed by atoms with Gasteiger partial charge in [-0.15, -0.1) is 0 Å². The van der Waals surface area contributed by atoms with Gasteiger partial charge < -0.3 is 10.8 Å². The molecule has 0 saturated heterocycles. The van der Waals surface area contributed by atoms with Crippen molar-refractivity contribution in [3.63, 3.8) is 0 Å². The molecule has 0 unspecified atom stereocenters. The minimum absolute atomic E-state index is 0.0383. The van der Waals surface area contributed by atoms with E-state index in [-0.39, 0.29) is 12.6 Å². The molecular formula is C11H17NO. The lowest BCUT2D eigenvalue weighted by atomic mass is 10.0. The van der Waals surface area contributed by atoms with Crippen LogP contribution in [0.3, 0.4) is 0 Å². The molecule has 0 spiro atoms. The summed E-state index contributed by atoms with van der Waals surface area (Å²) in [6.07, 6.45) is 0.628. The van der Waals surface area contributed by atoms with E-state index in [0.717, 1.165) is 5.56 Å². The van der Waals surface area contributed by atoms with Gasteiger partial charge in [0.15, 0.2) is 0 Å². The second-order valence-electron chi connectivity index (χ2n) is 3.54. The Morgan fingerprint density at radius 2 is 1.77 bits per heavy atom. The summed E-state index contributed by atoms with van der Waals surface area (Å²) in [7, 11) is 0. The second kappa shape index (κ2) is 4.40. The molecule has 0 aliphatic heterocycles. The van der Waals surface area contributed by atoms with E-state index in [2.05, 4.69) is 32.0 Å². The van der Waals surface area contributed by atoms with Crippen LogP contribution in [0.4, 0.5) is 0 Å². The molecule has 0 aliphatic carbocycles. The summed E-state index contributed by atoms with van der Waals surface area (Å²) in [5.74, 6) is 0. The van der Waals surface area contributed by atoms with Crippen LogP contribution >= 0.6 is 0 Å². The molecule has 0 fully saturated rings. The van der Waals surface area contributed by atoms with Crippen LogP contribution in [0.15, 0.2) is 18.2 Å². The van der Waals surface area contributed by atoms with Gasteiger partial charge >= 0.3 is 0 Å². The molecule has 13 heavy (non-hydrogen) atoms. The Kier molecular flexibility index (Phi) is 3.46. The van der Waals surface area contributed by atoms with Crippen LogP contribution in [-0.4, -0.2) is 11.7 Å². The molecule has 2 heteroatoms. The number of hydrogen-bond acceptors (Lipinski definition) is 2. The number of hydrogen-bond donors (Lipinski definition) is 2. The fourth-order valence-corrected chi connectivity index (χ4v) is 1.53. The first-order valence-corrected chi connectivity index (χ1v) is 4.58. The van der Waals surface area contributed by atoms with E-state index in [4.69, 9.17) is 10.8 Å². The van der Waals surface area contributed by atoms with Crippen LogP contribution in [-0.2, 0) is 0 Å². The number of aliphatic hydroxyl groups is 1. The van der Waals surface area contributed by atoms with Crippen molar-refractivity contribution in [1.82, 2.24) is 0 Å². The summed E-state index contributed by atoms with van der Waals surface area (Å²) < 4.78 is 0. The van der Waals surface area contributed by atoms with Crippen LogP contribution in [0, 0.1) is 13.8 Å². The van der Waals surface area contributed by atoms with Crippen molar-refractivity contribution >= 4 is 0 Å². The molecule has 0 bridgehead atoms. The normalized spacial score (nSPS) is 12.9. The smallest absolute Gasteiger partial charge is 0.0449 e. The number of nitrogens with two attached hydrogens (primary N) is 1. The van der Waals surface area contributed by atoms with E-state index < -0.39 is 0 Å². The molecule has 0 amide bonds. The zero-order chi connectivity index (χ0) is 9.84. The summed E-state index contributed by atoms with van der Waals surface area (Å²) in [5.41, 5.74) is 9.45. The Hall–Kier alpha value is -0.860. The molecule has 0 aliphatic rings. The second-order valence-corrected chi connectivity index (χ2v) is 3.54. The average Bonchev–Trinajstić information content (AvgIpc) is 2.03. The predicted octanol–water partition coefficient (Wildman–Crippen LogP) is 1.69. The molecule has 0 saturated carbocycles. The van der Waals surface area contributed by atoms with Gasteiger partial charge in [-0.25, -0.2) is 0 Å². The third-order valence-electron chi connectivity index (χ3n) is 2.11. The Morgan fingerprint density at radius 1 is 1.23 bits per heavy atom. The minimum Gasteiger partial charge on any atom is -0.396 e. The Morgan fingerprint density at radius 3 is 2.23 bits per heavy atom. The molecule has 1 aromatic rings.